The normalized spacial score (nSPS) is 10.9. The molecule has 2 rings (SSSR count). The van der Waals surface area contributed by atoms with Crippen molar-refractivity contribution in [2.75, 3.05) is 6.54 Å². The molecular formula is C14H18ClN3. The SMILES string of the molecule is Cc1nn(-c2ccc(CCN)c(Cl)c2)c(C)c1C. The summed E-state index contributed by atoms with van der Waals surface area (Å²) in [6.07, 6.45) is 0.801. The van der Waals surface area contributed by atoms with E-state index in [2.05, 4.69) is 18.9 Å². The molecule has 0 aliphatic rings. The van der Waals surface area contributed by atoms with Crippen LogP contribution in [-0.4, -0.2) is 16.3 Å². The first-order valence-electron chi connectivity index (χ1n) is 6.06. The summed E-state index contributed by atoms with van der Waals surface area (Å²) >= 11 is 6.26. The Morgan fingerprint density at radius 3 is 2.50 bits per heavy atom. The summed E-state index contributed by atoms with van der Waals surface area (Å²) in [7, 11) is 0. The van der Waals surface area contributed by atoms with Crippen molar-refractivity contribution in [3.05, 3.63) is 45.7 Å². The second-order valence-electron chi connectivity index (χ2n) is 4.52. The Balaban J connectivity index is 2.45. The van der Waals surface area contributed by atoms with Gasteiger partial charge in [-0.15, -0.1) is 0 Å². The maximum Gasteiger partial charge on any atom is 0.0663 e. The van der Waals surface area contributed by atoms with Crippen molar-refractivity contribution in [1.29, 1.82) is 0 Å². The Bertz CT molecular complexity index is 573. The lowest BCUT2D eigenvalue weighted by Gasteiger charge is -2.08. The highest BCUT2D eigenvalue weighted by atomic mass is 35.5. The van der Waals surface area contributed by atoms with Gasteiger partial charge in [0.1, 0.15) is 0 Å². The van der Waals surface area contributed by atoms with Crippen LogP contribution in [0, 0.1) is 20.8 Å². The van der Waals surface area contributed by atoms with Gasteiger partial charge in [0, 0.05) is 10.7 Å². The van der Waals surface area contributed by atoms with E-state index in [4.69, 9.17) is 17.3 Å². The molecule has 1 heterocycles. The quantitative estimate of drug-likeness (QED) is 0.925. The molecule has 0 aliphatic heterocycles. The summed E-state index contributed by atoms with van der Waals surface area (Å²) in [5.41, 5.74) is 11.0. The van der Waals surface area contributed by atoms with E-state index in [0.29, 0.717) is 6.54 Å². The number of hydrogen-bond acceptors (Lipinski definition) is 2. The Morgan fingerprint density at radius 1 is 1.28 bits per heavy atom. The number of aromatic nitrogens is 2. The summed E-state index contributed by atoms with van der Waals surface area (Å²) in [5.74, 6) is 0. The highest BCUT2D eigenvalue weighted by Gasteiger charge is 2.10. The third-order valence-electron chi connectivity index (χ3n) is 3.35. The van der Waals surface area contributed by atoms with Crippen molar-refractivity contribution in [2.45, 2.75) is 27.2 Å². The van der Waals surface area contributed by atoms with E-state index < -0.39 is 0 Å². The minimum Gasteiger partial charge on any atom is -0.330 e. The summed E-state index contributed by atoms with van der Waals surface area (Å²) in [6.45, 7) is 6.77. The van der Waals surface area contributed by atoms with E-state index in [1.54, 1.807) is 0 Å². The molecule has 1 aromatic heterocycles. The summed E-state index contributed by atoms with van der Waals surface area (Å²) < 4.78 is 1.93. The number of nitrogens with two attached hydrogens (primary N) is 1. The van der Waals surface area contributed by atoms with Gasteiger partial charge >= 0.3 is 0 Å². The molecule has 0 saturated carbocycles. The molecule has 2 aromatic rings. The smallest absolute Gasteiger partial charge is 0.0663 e. The van der Waals surface area contributed by atoms with Crippen molar-refractivity contribution in [1.82, 2.24) is 9.78 Å². The van der Waals surface area contributed by atoms with Crippen LogP contribution in [0.2, 0.25) is 5.02 Å². The van der Waals surface area contributed by atoms with E-state index in [1.165, 1.54) is 5.56 Å². The van der Waals surface area contributed by atoms with Crippen molar-refractivity contribution < 1.29 is 0 Å². The molecule has 0 saturated heterocycles. The van der Waals surface area contributed by atoms with E-state index in [0.717, 1.165) is 34.1 Å². The highest BCUT2D eigenvalue weighted by molar-refractivity contribution is 6.31. The van der Waals surface area contributed by atoms with Crippen LogP contribution in [0.15, 0.2) is 18.2 Å². The van der Waals surface area contributed by atoms with Gasteiger partial charge in [-0.2, -0.15) is 5.10 Å². The lowest BCUT2D eigenvalue weighted by Crippen LogP contribution is -2.04. The van der Waals surface area contributed by atoms with Crippen LogP contribution in [0.25, 0.3) is 5.69 Å². The first kappa shape index (κ1) is 13.1. The van der Waals surface area contributed by atoms with Crippen molar-refractivity contribution in [3.8, 4) is 5.69 Å². The molecule has 1 aromatic carbocycles. The number of nitrogens with zero attached hydrogens (tertiary/aromatic N) is 2. The molecule has 3 nitrogen and oxygen atoms in total. The van der Waals surface area contributed by atoms with Crippen LogP contribution in [0.3, 0.4) is 0 Å². The second kappa shape index (κ2) is 5.12. The largest absolute Gasteiger partial charge is 0.330 e. The van der Waals surface area contributed by atoms with Gasteiger partial charge in [-0.25, -0.2) is 4.68 Å². The molecule has 0 fully saturated rings. The zero-order chi connectivity index (χ0) is 13.3. The van der Waals surface area contributed by atoms with Crippen LogP contribution in [-0.2, 0) is 6.42 Å². The first-order chi connectivity index (χ1) is 8.54. The lowest BCUT2D eigenvalue weighted by atomic mass is 10.1. The summed E-state index contributed by atoms with van der Waals surface area (Å²) in [6, 6.07) is 6.01. The van der Waals surface area contributed by atoms with Crippen LogP contribution in [0.5, 0.6) is 0 Å². The third kappa shape index (κ3) is 2.28. The van der Waals surface area contributed by atoms with Gasteiger partial charge in [0.05, 0.1) is 11.4 Å². The van der Waals surface area contributed by atoms with Crippen LogP contribution in [0.1, 0.15) is 22.5 Å². The predicted octanol–water partition coefficient (Wildman–Crippen LogP) is 2.95. The highest BCUT2D eigenvalue weighted by Crippen LogP contribution is 2.23. The van der Waals surface area contributed by atoms with E-state index >= 15 is 0 Å². The fourth-order valence-electron chi connectivity index (χ4n) is 2.00. The summed E-state index contributed by atoms with van der Waals surface area (Å²) in [5, 5.41) is 5.28. The Kier molecular flexibility index (Phi) is 3.73. The standard InChI is InChI=1S/C14H18ClN3/c1-9-10(2)17-18(11(9)3)13-5-4-12(6-7-16)14(15)8-13/h4-5,8H,6-7,16H2,1-3H3. The monoisotopic (exact) mass is 263 g/mol. The Morgan fingerprint density at radius 2 is 2.00 bits per heavy atom. The van der Waals surface area contributed by atoms with Crippen molar-refractivity contribution >= 4 is 11.6 Å². The molecular weight excluding hydrogens is 246 g/mol. The minimum atomic E-state index is 0.609. The zero-order valence-corrected chi connectivity index (χ0v) is 11.8. The number of rotatable bonds is 3. The molecule has 0 spiro atoms. The minimum absolute atomic E-state index is 0.609. The number of hydrogen-bond donors (Lipinski definition) is 1. The van der Waals surface area contributed by atoms with E-state index in [1.807, 2.05) is 29.8 Å². The topological polar surface area (TPSA) is 43.8 Å². The van der Waals surface area contributed by atoms with Crippen LogP contribution in [0.4, 0.5) is 0 Å². The molecule has 0 atom stereocenters. The molecule has 4 heteroatoms. The average Bonchev–Trinajstić information content (AvgIpc) is 2.60. The molecule has 2 N–H and O–H groups in total. The van der Waals surface area contributed by atoms with Crippen molar-refractivity contribution in [2.24, 2.45) is 5.73 Å². The Labute approximate surface area is 113 Å². The van der Waals surface area contributed by atoms with Gasteiger partial charge < -0.3 is 5.73 Å². The fraction of sp³-hybridized carbons (Fsp3) is 0.357. The van der Waals surface area contributed by atoms with Gasteiger partial charge in [0.15, 0.2) is 0 Å². The van der Waals surface area contributed by atoms with Gasteiger partial charge in [0.2, 0.25) is 0 Å². The molecule has 18 heavy (non-hydrogen) atoms. The number of halogens is 1. The zero-order valence-electron chi connectivity index (χ0n) is 11.0. The van der Waals surface area contributed by atoms with E-state index in [9.17, 15) is 0 Å². The first-order valence-corrected chi connectivity index (χ1v) is 6.44. The van der Waals surface area contributed by atoms with Crippen LogP contribution < -0.4 is 5.73 Å². The maximum atomic E-state index is 6.26. The molecule has 0 amide bonds. The maximum absolute atomic E-state index is 6.26. The van der Waals surface area contributed by atoms with Gasteiger partial charge in [-0.1, -0.05) is 17.7 Å². The molecule has 0 aliphatic carbocycles. The van der Waals surface area contributed by atoms with E-state index in [-0.39, 0.29) is 0 Å². The molecule has 0 bridgehead atoms. The van der Waals surface area contributed by atoms with Gasteiger partial charge in [0.25, 0.3) is 0 Å². The average molecular weight is 264 g/mol. The van der Waals surface area contributed by atoms with Gasteiger partial charge in [-0.05, 0) is 57.0 Å². The second-order valence-corrected chi connectivity index (χ2v) is 4.93. The lowest BCUT2D eigenvalue weighted by molar-refractivity contribution is 0.831. The summed E-state index contributed by atoms with van der Waals surface area (Å²) in [4.78, 5) is 0. The molecule has 0 unspecified atom stereocenters. The van der Waals surface area contributed by atoms with Gasteiger partial charge in [-0.3, -0.25) is 0 Å². The number of benzene rings is 1. The van der Waals surface area contributed by atoms with Crippen LogP contribution >= 0.6 is 11.6 Å². The number of aryl methyl sites for hydroxylation is 1. The van der Waals surface area contributed by atoms with Crippen molar-refractivity contribution in [3.63, 3.8) is 0 Å². The molecule has 0 radical (unpaired) electrons. The predicted molar refractivity (Wildman–Crippen MR) is 75.5 cm³/mol. The molecule has 96 valence electrons. The fourth-order valence-corrected chi connectivity index (χ4v) is 2.27. The third-order valence-corrected chi connectivity index (χ3v) is 3.70. The Hall–Kier alpha value is -1.32.